The molecule has 0 amide bonds. The summed E-state index contributed by atoms with van der Waals surface area (Å²) in [7, 11) is 3.61. The molecule has 4 nitrogen and oxygen atoms in total. The fraction of sp³-hybridized carbons (Fsp3) is 0.308. The number of aromatic amines is 1. The summed E-state index contributed by atoms with van der Waals surface area (Å²) in [6.45, 7) is 0.944. The second kappa shape index (κ2) is 5.50. The number of rotatable bonds is 5. The predicted molar refractivity (Wildman–Crippen MR) is 68.2 cm³/mol. The van der Waals surface area contributed by atoms with Crippen molar-refractivity contribution >= 4 is 0 Å². The van der Waals surface area contributed by atoms with E-state index in [0.717, 1.165) is 35.7 Å². The molecule has 90 valence electrons. The summed E-state index contributed by atoms with van der Waals surface area (Å²) in [5.41, 5.74) is 3.16. The van der Waals surface area contributed by atoms with Gasteiger partial charge in [0.05, 0.1) is 12.8 Å². The fourth-order valence-electron chi connectivity index (χ4n) is 1.68. The van der Waals surface area contributed by atoms with E-state index in [9.17, 15) is 0 Å². The third-order valence-corrected chi connectivity index (χ3v) is 2.64. The number of H-pyrrole nitrogens is 1. The highest BCUT2D eigenvalue weighted by atomic mass is 16.5. The smallest absolute Gasteiger partial charge is 0.119 e. The Balaban J connectivity index is 2.18. The molecule has 1 heterocycles. The van der Waals surface area contributed by atoms with Gasteiger partial charge in [0.1, 0.15) is 5.75 Å². The van der Waals surface area contributed by atoms with E-state index >= 15 is 0 Å². The summed E-state index contributed by atoms with van der Waals surface area (Å²) in [5.74, 6) is 0.849. The number of aromatic nitrogens is 2. The van der Waals surface area contributed by atoms with Crippen LogP contribution in [0.25, 0.3) is 11.3 Å². The molecule has 0 fully saturated rings. The van der Waals surface area contributed by atoms with Gasteiger partial charge in [0.2, 0.25) is 0 Å². The Labute approximate surface area is 101 Å². The van der Waals surface area contributed by atoms with E-state index in [0.29, 0.717) is 0 Å². The zero-order chi connectivity index (χ0) is 12.1. The summed E-state index contributed by atoms with van der Waals surface area (Å²) in [6.07, 6.45) is 0.952. The number of methoxy groups -OCH3 is 1. The van der Waals surface area contributed by atoms with Crippen LogP contribution in [-0.4, -0.2) is 30.9 Å². The molecular formula is C13H17N3O. The van der Waals surface area contributed by atoms with Crippen LogP contribution in [0.15, 0.2) is 30.3 Å². The number of hydrogen-bond donors (Lipinski definition) is 2. The van der Waals surface area contributed by atoms with Crippen LogP contribution in [0, 0.1) is 0 Å². The number of nitrogens with zero attached hydrogens (tertiary/aromatic N) is 1. The summed E-state index contributed by atoms with van der Waals surface area (Å²) in [6, 6.07) is 9.98. The van der Waals surface area contributed by atoms with E-state index in [4.69, 9.17) is 4.74 Å². The lowest BCUT2D eigenvalue weighted by molar-refractivity contribution is 0.415. The zero-order valence-corrected chi connectivity index (χ0v) is 10.2. The first-order valence-electron chi connectivity index (χ1n) is 5.67. The first kappa shape index (κ1) is 11.7. The Morgan fingerprint density at radius 1 is 1.35 bits per heavy atom. The fourth-order valence-corrected chi connectivity index (χ4v) is 1.68. The zero-order valence-electron chi connectivity index (χ0n) is 10.2. The van der Waals surface area contributed by atoms with Crippen LogP contribution in [0.2, 0.25) is 0 Å². The molecule has 1 aromatic heterocycles. The molecule has 0 saturated carbocycles. The van der Waals surface area contributed by atoms with Crippen molar-refractivity contribution in [1.29, 1.82) is 0 Å². The van der Waals surface area contributed by atoms with E-state index in [1.807, 2.05) is 31.3 Å². The topological polar surface area (TPSA) is 49.9 Å². The van der Waals surface area contributed by atoms with Gasteiger partial charge in [-0.25, -0.2) is 0 Å². The highest BCUT2D eigenvalue weighted by molar-refractivity contribution is 5.61. The Morgan fingerprint density at radius 3 is 3.00 bits per heavy atom. The van der Waals surface area contributed by atoms with Crippen molar-refractivity contribution in [3.63, 3.8) is 0 Å². The lowest BCUT2D eigenvalue weighted by atomic mass is 10.1. The van der Waals surface area contributed by atoms with Crippen LogP contribution < -0.4 is 10.1 Å². The van der Waals surface area contributed by atoms with Crippen LogP contribution in [-0.2, 0) is 6.42 Å². The van der Waals surface area contributed by atoms with Crippen LogP contribution >= 0.6 is 0 Å². The van der Waals surface area contributed by atoms with Gasteiger partial charge in [-0.2, -0.15) is 5.10 Å². The van der Waals surface area contributed by atoms with Crippen LogP contribution in [0.4, 0.5) is 0 Å². The molecule has 1 aromatic carbocycles. The van der Waals surface area contributed by atoms with E-state index in [1.54, 1.807) is 7.11 Å². The Morgan fingerprint density at radius 2 is 2.24 bits per heavy atom. The average molecular weight is 231 g/mol. The van der Waals surface area contributed by atoms with Gasteiger partial charge < -0.3 is 10.1 Å². The molecule has 2 N–H and O–H groups in total. The minimum absolute atomic E-state index is 0.849. The molecule has 17 heavy (non-hydrogen) atoms. The van der Waals surface area contributed by atoms with Crippen molar-refractivity contribution in [2.45, 2.75) is 6.42 Å². The maximum Gasteiger partial charge on any atom is 0.119 e. The van der Waals surface area contributed by atoms with Crippen molar-refractivity contribution in [2.24, 2.45) is 0 Å². The highest BCUT2D eigenvalue weighted by Crippen LogP contribution is 2.22. The van der Waals surface area contributed by atoms with Crippen molar-refractivity contribution in [3.8, 4) is 17.0 Å². The average Bonchev–Trinajstić information content (AvgIpc) is 2.85. The molecule has 0 aliphatic rings. The summed E-state index contributed by atoms with van der Waals surface area (Å²) in [4.78, 5) is 0. The van der Waals surface area contributed by atoms with Gasteiger partial charge in [0, 0.05) is 24.2 Å². The summed E-state index contributed by atoms with van der Waals surface area (Å²) in [5, 5.41) is 10.5. The molecule has 0 atom stereocenters. The molecule has 0 aliphatic carbocycles. The maximum absolute atomic E-state index is 5.20. The molecular weight excluding hydrogens is 214 g/mol. The number of likely N-dealkylation sites (N-methyl/N-ethyl adjacent to an activating group) is 1. The minimum Gasteiger partial charge on any atom is -0.497 e. The predicted octanol–water partition coefficient (Wildman–Crippen LogP) is 1.85. The largest absolute Gasteiger partial charge is 0.497 e. The molecule has 2 aromatic rings. The Hall–Kier alpha value is -1.81. The van der Waals surface area contributed by atoms with Crippen LogP contribution in [0.1, 0.15) is 5.69 Å². The molecule has 0 radical (unpaired) electrons. The van der Waals surface area contributed by atoms with Gasteiger partial charge in [-0.15, -0.1) is 0 Å². The molecule has 4 heteroatoms. The highest BCUT2D eigenvalue weighted by Gasteiger charge is 2.04. The van der Waals surface area contributed by atoms with E-state index in [2.05, 4.69) is 21.6 Å². The standard InChI is InChI=1S/C13H17N3O/c1-14-7-6-11-9-13(16-15-11)10-4-3-5-12(8-10)17-2/h3-5,8-9,14H,6-7H2,1-2H3,(H,15,16). The molecule has 0 saturated heterocycles. The monoisotopic (exact) mass is 231 g/mol. The summed E-state index contributed by atoms with van der Waals surface area (Å²) >= 11 is 0. The molecule has 0 spiro atoms. The SMILES string of the molecule is CNCCc1cc(-c2cccc(OC)c2)n[nH]1. The maximum atomic E-state index is 5.20. The van der Waals surface area contributed by atoms with Gasteiger partial charge in [-0.05, 0) is 25.2 Å². The second-order valence-corrected chi connectivity index (χ2v) is 3.86. The van der Waals surface area contributed by atoms with Crippen LogP contribution in [0.5, 0.6) is 5.75 Å². The minimum atomic E-state index is 0.849. The molecule has 0 bridgehead atoms. The van der Waals surface area contributed by atoms with E-state index in [-0.39, 0.29) is 0 Å². The number of nitrogens with one attached hydrogen (secondary N) is 2. The lowest BCUT2D eigenvalue weighted by Gasteiger charge is -2.01. The van der Waals surface area contributed by atoms with Crippen molar-refractivity contribution in [2.75, 3.05) is 20.7 Å². The Bertz CT molecular complexity index is 479. The third-order valence-electron chi connectivity index (χ3n) is 2.64. The van der Waals surface area contributed by atoms with Gasteiger partial charge >= 0.3 is 0 Å². The number of ether oxygens (including phenoxy) is 1. The van der Waals surface area contributed by atoms with Crippen LogP contribution in [0.3, 0.4) is 0 Å². The quantitative estimate of drug-likeness (QED) is 0.825. The van der Waals surface area contributed by atoms with E-state index in [1.165, 1.54) is 0 Å². The second-order valence-electron chi connectivity index (χ2n) is 3.86. The Kier molecular flexibility index (Phi) is 3.77. The van der Waals surface area contributed by atoms with Crippen molar-refractivity contribution in [3.05, 3.63) is 36.0 Å². The number of benzene rings is 1. The normalized spacial score (nSPS) is 10.5. The van der Waals surface area contributed by atoms with E-state index < -0.39 is 0 Å². The van der Waals surface area contributed by atoms with Crippen molar-refractivity contribution < 1.29 is 4.74 Å². The molecule has 0 unspecified atom stereocenters. The summed E-state index contributed by atoms with van der Waals surface area (Å²) < 4.78 is 5.20. The first-order valence-corrected chi connectivity index (χ1v) is 5.67. The molecule has 2 rings (SSSR count). The van der Waals surface area contributed by atoms with Crippen molar-refractivity contribution in [1.82, 2.24) is 15.5 Å². The van der Waals surface area contributed by atoms with Gasteiger partial charge in [-0.1, -0.05) is 12.1 Å². The lowest BCUT2D eigenvalue weighted by Crippen LogP contribution is -2.10. The molecule has 0 aliphatic heterocycles. The van der Waals surface area contributed by atoms with Gasteiger partial charge in [0.25, 0.3) is 0 Å². The van der Waals surface area contributed by atoms with Gasteiger partial charge in [0.15, 0.2) is 0 Å². The number of hydrogen-bond acceptors (Lipinski definition) is 3. The first-order chi connectivity index (χ1) is 8.33. The van der Waals surface area contributed by atoms with Gasteiger partial charge in [-0.3, -0.25) is 5.10 Å². The third kappa shape index (κ3) is 2.85.